The minimum Gasteiger partial charge on any atom is -0.508 e. The van der Waals surface area contributed by atoms with Crippen LogP contribution in [0.4, 0.5) is 4.39 Å². The molecule has 0 amide bonds. The second-order valence-corrected chi connectivity index (χ2v) is 5.82. The van der Waals surface area contributed by atoms with Gasteiger partial charge in [-0.2, -0.15) is 0 Å². The minimum atomic E-state index is -0.734. The average molecular weight is 295 g/mol. The molecule has 21 heavy (non-hydrogen) atoms. The maximum atomic E-state index is 13.3. The first-order valence-corrected chi connectivity index (χ1v) is 7.43. The van der Waals surface area contributed by atoms with E-state index in [0.29, 0.717) is 12.1 Å². The second-order valence-electron chi connectivity index (χ2n) is 5.82. The van der Waals surface area contributed by atoms with Crippen molar-refractivity contribution >= 4 is 5.97 Å². The molecule has 116 valence electrons. The number of phenols is 1. The summed E-state index contributed by atoms with van der Waals surface area (Å²) in [7, 11) is 0. The maximum absolute atomic E-state index is 13.3. The van der Waals surface area contributed by atoms with E-state index < -0.39 is 11.8 Å². The summed E-state index contributed by atoms with van der Waals surface area (Å²) < 4.78 is 13.3. The van der Waals surface area contributed by atoms with Crippen molar-refractivity contribution in [1.29, 1.82) is 0 Å². The van der Waals surface area contributed by atoms with E-state index in [2.05, 4.69) is 5.32 Å². The van der Waals surface area contributed by atoms with Crippen LogP contribution in [0, 0.1) is 17.7 Å². The molecule has 0 aromatic heterocycles. The molecule has 1 aliphatic carbocycles. The highest BCUT2D eigenvalue weighted by Crippen LogP contribution is 2.31. The first-order chi connectivity index (χ1) is 9.99. The number of hydrogen-bond donors (Lipinski definition) is 3. The molecular formula is C16H22FNO3. The molecule has 0 saturated heterocycles. The molecule has 3 atom stereocenters. The Labute approximate surface area is 124 Å². The average Bonchev–Trinajstić information content (AvgIpc) is 2.47. The fourth-order valence-corrected chi connectivity index (χ4v) is 3.09. The van der Waals surface area contributed by atoms with Gasteiger partial charge in [-0.25, -0.2) is 4.39 Å². The molecule has 1 aromatic rings. The predicted molar refractivity (Wildman–Crippen MR) is 77.6 cm³/mol. The van der Waals surface area contributed by atoms with Gasteiger partial charge < -0.3 is 15.5 Å². The lowest BCUT2D eigenvalue weighted by atomic mass is 9.79. The number of carbonyl (C=O) groups is 1. The number of aliphatic carboxylic acids is 1. The summed E-state index contributed by atoms with van der Waals surface area (Å²) in [6.45, 7) is 2.40. The molecule has 4 nitrogen and oxygen atoms in total. The molecule has 3 N–H and O–H groups in total. The van der Waals surface area contributed by atoms with Gasteiger partial charge in [0.25, 0.3) is 0 Å². The van der Waals surface area contributed by atoms with Crippen LogP contribution in [-0.2, 0) is 4.79 Å². The second kappa shape index (κ2) is 6.89. The van der Waals surface area contributed by atoms with Gasteiger partial charge in [0.2, 0.25) is 0 Å². The van der Waals surface area contributed by atoms with Gasteiger partial charge in [-0.3, -0.25) is 4.79 Å². The molecule has 1 saturated carbocycles. The number of carboxylic acid groups (broad SMARTS) is 1. The highest BCUT2D eigenvalue weighted by atomic mass is 19.1. The Morgan fingerprint density at radius 2 is 2.14 bits per heavy atom. The van der Waals surface area contributed by atoms with E-state index in [-0.39, 0.29) is 23.6 Å². The third-order valence-electron chi connectivity index (χ3n) is 4.37. The van der Waals surface area contributed by atoms with Crippen LogP contribution >= 0.6 is 0 Å². The number of phenolic OH excluding ortho intramolecular Hbond substituents is 1. The smallest absolute Gasteiger partial charge is 0.306 e. The van der Waals surface area contributed by atoms with Crippen LogP contribution in [0.5, 0.6) is 5.75 Å². The van der Waals surface area contributed by atoms with E-state index in [1.807, 2.05) is 6.92 Å². The zero-order valence-electron chi connectivity index (χ0n) is 12.2. The van der Waals surface area contributed by atoms with E-state index in [1.54, 1.807) is 0 Å². The fourth-order valence-electron chi connectivity index (χ4n) is 3.09. The number of nitrogens with one attached hydrogen (secondary N) is 1. The summed E-state index contributed by atoms with van der Waals surface area (Å²) in [6.07, 6.45) is 3.64. The zero-order chi connectivity index (χ0) is 15.4. The number of halogens is 1. The van der Waals surface area contributed by atoms with Gasteiger partial charge in [-0.1, -0.05) is 12.8 Å². The van der Waals surface area contributed by atoms with Gasteiger partial charge in [0.05, 0.1) is 5.92 Å². The quantitative estimate of drug-likeness (QED) is 0.781. The monoisotopic (exact) mass is 295 g/mol. The van der Waals surface area contributed by atoms with Crippen LogP contribution in [0.3, 0.4) is 0 Å². The zero-order valence-corrected chi connectivity index (χ0v) is 12.2. The van der Waals surface area contributed by atoms with Crippen LogP contribution in [0.1, 0.15) is 44.2 Å². The van der Waals surface area contributed by atoms with Crippen LogP contribution in [0.2, 0.25) is 0 Å². The van der Waals surface area contributed by atoms with E-state index >= 15 is 0 Å². The summed E-state index contributed by atoms with van der Waals surface area (Å²) in [5, 5.41) is 22.3. The number of benzene rings is 1. The highest BCUT2D eigenvalue weighted by molar-refractivity contribution is 5.70. The van der Waals surface area contributed by atoms with Crippen molar-refractivity contribution in [2.24, 2.45) is 11.8 Å². The van der Waals surface area contributed by atoms with Crippen molar-refractivity contribution in [2.75, 3.05) is 6.54 Å². The minimum absolute atomic E-state index is 0.0508. The number of hydrogen-bond acceptors (Lipinski definition) is 3. The Balaban J connectivity index is 1.98. The van der Waals surface area contributed by atoms with Gasteiger partial charge in [0, 0.05) is 11.6 Å². The van der Waals surface area contributed by atoms with Crippen LogP contribution in [-0.4, -0.2) is 22.7 Å². The SMILES string of the molecule is CC(NCC1CCCCC1C(=O)O)c1cc(F)ccc1O. The summed E-state index contributed by atoms with van der Waals surface area (Å²) >= 11 is 0. The van der Waals surface area contributed by atoms with Crippen molar-refractivity contribution in [3.8, 4) is 5.75 Å². The Morgan fingerprint density at radius 3 is 2.86 bits per heavy atom. The number of carboxylic acids is 1. The van der Waals surface area contributed by atoms with Gasteiger partial charge >= 0.3 is 5.97 Å². The lowest BCUT2D eigenvalue weighted by molar-refractivity contribution is -0.144. The van der Waals surface area contributed by atoms with E-state index in [0.717, 1.165) is 25.7 Å². The molecule has 0 bridgehead atoms. The maximum Gasteiger partial charge on any atom is 0.306 e. The fraction of sp³-hybridized carbons (Fsp3) is 0.562. The third kappa shape index (κ3) is 3.94. The molecule has 1 fully saturated rings. The number of aromatic hydroxyl groups is 1. The number of rotatable bonds is 5. The Morgan fingerprint density at radius 1 is 1.43 bits per heavy atom. The van der Waals surface area contributed by atoms with Gasteiger partial charge in [0.15, 0.2) is 0 Å². The van der Waals surface area contributed by atoms with Gasteiger partial charge in [-0.15, -0.1) is 0 Å². The van der Waals surface area contributed by atoms with Gasteiger partial charge in [-0.05, 0) is 50.4 Å². The van der Waals surface area contributed by atoms with Crippen LogP contribution < -0.4 is 5.32 Å². The largest absolute Gasteiger partial charge is 0.508 e. The lowest BCUT2D eigenvalue weighted by Gasteiger charge is -2.30. The highest BCUT2D eigenvalue weighted by Gasteiger charge is 2.30. The molecule has 0 radical (unpaired) electrons. The van der Waals surface area contributed by atoms with Crippen LogP contribution in [0.15, 0.2) is 18.2 Å². The van der Waals surface area contributed by atoms with Crippen molar-refractivity contribution in [3.63, 3.8) is 0 Å². The summed E-state index contributed by atoms with van der Waals surface area (Å²) in [6, 6.07) is 3.64. The summed E-state index contributed by atoms with van der Waals surface area (Å²) in [4.78, 5) is 11.3. The van der Waals surface area contributed by atoms with Crippen molar-refractivity contribution in [2.45, 2.75) is 38.6 Å². The molecule has 0 heterocycles. The van der Waals surface area contributed by atoms with Gasteiger partial charge in [0.1, 0.15) is 11.6 Å². The van der Waals surface area contributed by atoms with E-state index in [4.69, 9.17) is 0 Å². The molecule has 1 aliphatic rings. The third-order valence-corrected chi connectivity index (χ3v) is 4.37. The first kappa shape index (κ1) is 15.8. The molecule has 2 rings (SSSR count). The molecule has 5 heteroatoms. The standard InChI is InChI=1S/C16H22FNO3/c1-10(14-8-12(17)6-7-15(14)19)18-9-11-4-2-3-5-13(11)16(20)21/h6-8,10-11,13,18-19H,2-5,9H2,1H3,(H,20,21). The molecule has 1 aromatic carbocycles. The van der Waals surface area contributed by atoms with Crippen molar-refractivity contribution in [1.82, 2.24) is 5.32 Å². The van der Waals surface area contributed by atoms with E-state index in [9.17, 15) is 19.4 Å². The molecular weight excluding hydrogens is 273 g/mol. The Hall–Kier alpha value is -1.62. The summed E-state index contributed by atoms with van der Waals surface area (Å²) in [5.41, 5.74) is 0.498. The van der Waals surface area contributed by atoms with E-state index in [1.165, 1.54) is 18.2 Å². The van der Waals surface area contributed by atoms with Crippen molar-refractivity contribution < 1.29 is 19.4 Å². The molecule has 0 aliphatic heterocycles. The molecule has 0 spiro atoms. The molecule has 3 unspecified atom stereocenters. The topological polar surface area (TPSA) is 69.6 Å². The Kier molecular flexibility index (Phi) is 5.17. The Bertz CT molecular complexity index is 506. The normalized spacial score (nSPS) is 23.7. The van der Waals surface area contributed by atoms with Crippen molar-refractivity contribution in [3.05, 3.63) is 29.6 Å². The lowest BCUT2D eigenvalue weighted by Crippen LogP contribution is -2.35. The van der Waals surface area contributed by atoms with Crippen LogP contribution in [0.25, 0.3) is 0 Å². The summed E-state index contributed by atoms with van der Waals surface area (Å²) in [5.74, 6) is -1.29. The first-order valence-electron chi connectivity index (χ1n) is 7.43. The predicted octanol–water partition coefficient (Wildman–Crippen LogP) is 3.07.